The van der Waals surface area contributed by atoms with Gasteiger partial charge in [-0.2, -0.15) is 0 Å². The first-order valence-corrected chi connectivity index (χ1v) is 14.7. The summed E-state index contributed by atoms with van der Waals surface area (Å²) < 4.78 is 4.94. The van der Waals surface area contributed by atoms with Crippen molar-refractivity contribution in [3.8, 4) is 0 Å². The van der Waals surface area contributed by atoms with Crippen molar-refractivity contribution >= 4 is 33.3 Å². The third kappa shape index (κ3) is 6.27. The fraction of sp³-hybridized carbons (Fsp3) is 0.500. The highest BCUT2D eigenvalue weighted by molar-refractivity contribution is 7.23. The summed E-state index contributed by atoms with van der Waals surface area (Å²) in [5.74, 6) is -0.228. The van der Waals surface area contributed by atoms with Gasteiger partial charge in [-0.1, -0.05) is 6.58 Å². The Kier molecular flexibility index (Phi) is 6.48. The zero-order valence-corrected chi connectivity index (χ0v) is 12.2. The van der Waals surface area contributed by atoms with Crippen LogP contribution >= 0.6 is 0 Å². The Balaban J connectivity index is 3.25. The lowest BCUT2D eigenvalue weighted by molar-refractivity contribution is -0.138. The Morgan fingerprint density at radius 1 is 1.73 bits per heavy atom. The van der Waals surface area contributed by atoms with Crippen molar-refractivity contribution in [2.45, 2.75) is 13.0 Å². The van der Waals surface area contributed by atoms with Gasteiger partial charge in [-0.05, 0) is 31.3 Å². The van der Waals surface area contributed by atoms with E-state index in [1.807, 2.05) is 0 Å². The summed E-state index contributed by atoms with van der Waals surface area (Å²) in [6.45, 7) is 5.83. The maximum Gasteiger partial charge on any atom is 0.333 e. The number of hydrogen-bond donors (Lipinski definition) is 0. The van der Waals surface area contributed by atoms with Crippen LogP contribution in [0.4, 0.5) is 0 Å². The predicted molar refractivity (Wildman–Crippen MR) is 57.6 cm³/mol. The molecule has 0 atom stereocenters. The molecule has 0 aromatic rings. The maximum atomic E-state index is 10.8. The first kappa shape index (κ1) is 10.9. The molecule has 0 saturated heterocycles. The van der Waals surface area contributed by atoms with Crippen LogP contribution in [0.1, 0.15) is 6.92 Å². The Labute approximate surface area is 75.0 Å². The summed E-state index contributed by atoms with van der Waals surface area (Å²) in [5.41, 5.74) is 0.509. The molecule has 0 spiro atoms. The third-order valence-electron chi connectivity index (χ3n) is 1.33. The molecule has 0 aliphatic rings. The van der Waals surface area contributed by atoms with Crippen molar-refractivity contribution < 1.29 is 9.53 Å². The SMILES string of the molecule is C=C(C)C(=O)OCC[SiH2][SiH2][SiH3]. The van der Waals surface area contributed by atoms with E-state index in [1.54, 1.807) is 6.92 Å². The van der Waals surface area contributed by atoms with Crippen LogP contribution < -0.4 is 0 Å². The smallest absolute Gasteiger partial charge is 0.333 e. The first-order chi connectivity index (χ1) is 5.18. The van der Waals surface area contributed by atoms with Gasteiger partial charge in [0.25, 0.3) is 0 Å². The number of carbonyl (C=O) groups excluding carboxylic acids is 1. The molecule has 0 fully saturated rings. The van der Waals surface area contributed by atoms with Crippen LogP contribution in [0.2, 0.25) is 6.04 Å². The number of rotatable bonds is 5. The zero-order chi connectivity index (χ0) is 8.69. The van der Waals surface area contributed by atoms with E-state index in [2.05, 4.69) is 6.58 Å². The van der Waals surface area contributed by atoms with E-state index in [1.165, 1.54) is 15.8 Å². The normalized spacial score (nSPS) is 11.7. The summed E-state index contributed by atoms with van der Waals surface area (Å²) >= 11 is 0. The van der Waals surface area contributed by atoms with Crippen molar-refractivity contribution in [3.05, 3.63) is 12.2 Å². The largest absolute Gasteiger partial charge is 0.463 e. The van der Waals surface area contributed by atoms with Gasteiger partial charge in [-0.15, -0.1) is 0 Å². The van der Waals surface area contributed by atoms with Crippen molar-refractivity contribution in [2.24, 2.45) is 0 Å². The lowest BCUT2D eigenvalue weighted by Gasteiger charge is -2.01. The Bertz CT molecular complexity index is 147. The molecule has 0 aliphatic carbocycles. The minimum atomic E-state index is -0.228. The van der Waals surface area contributed by atoms with Crippen LogP contribution in [0.5, 0.6) is 0 Å². The first-order valence-electron chi connectivity index (χ1n) is 4.01. The molecule has 0 aromatic carbocycles. The van der Waals surface area contributed by atoms with Crippen molar-refractivity contribution in [1.29, 1.82) is 0 Å². The second kappa shape index (κ2) is 6.56. The van der Waals surface area contributed by atoms with E-state index in [0.717, 1.165) is 0 Å². The van der Waals surface area contributed by atoms with Gasteiger partial charge in [-0.25, -0.2) is 4.79 Å². The molecular formula is C6H16O2Si3. The van der Waals surface area contributed by atoms with Gasteiger partial charge in [-0.3, -0.25) is 0 Å². The highest BCUT2D eigenvalue weighted by Gasteiger charge is 2.00. The van der Waals surface area contributed by atoms with Crippen molar-refractivity contribution in [3.63, 3.8) is 0 Å². The number of esters is 1. The number of hydrogen-bond acceptors (Lipinski definition) is 2. The van der Waals surface area contributed by atoms with Gasteiger partial charge in [0, 0.05) is 14.6 Å². The van der Waals surface area contributed by atoms with Crippen LogP contribution in [-0.2, 0) is 9.53 Å². The van der Waals surface area contributed by atoms with E-state index in [0.29, 0.717) is 20.7 Å². The van der Waals surface area contributed by atoms with E-state index in [-0.39, 0.29) is 15.0 Å². The molecule has 64 valence electrons. The minimum Gasteiger partial charge on any atom is -0.463 e. The highest BCUT2D eigenvalue weighted by atomic mass is 29.5. The molecule has 0 N–H and O–H groups in total. The molecule has 0 unspecified atom stereocenters. The second-order valence-electron chi connectivity index (χ2n) is 2.62. The second-order valence-corrected chi connectivity index (χ2v) is 19.2. The van der Waals surface area contributed by atoms with Gasteiger partial charge in [0.1, 0.15) is 0 Å². The lowest BCUT2D eigenvalue weighted by atomic mass is 10.4. The van der Waals surface area contributed by atoms with E-state index >= 15 is 0 Å². The van der Waals surface area contributed by atoms with Gasteiger partial charge >= 0.3 is 5.97 Å². The topological polar surface area (TPSA) is 26.3 Å². The Hall–Kier alpha value is -0.139. The molecule has 0 heterocycles. The Morgan fingerprint density at radius 2 is 2.36 bits per heavy atom. The summed E-state index contributed by atoms with van der Waals surface area (Å²) in [6, 6.07) is 1.19. The molecular weight excluding hydrogens is 188 g/mol. The predicted octanol–water partition coefficient (Wildman–Crippen LogP) is -1.94. The molecule has 5 heteroatoms. The minimum absolute atomic E-state index is 0.228. The zero-order valence-electron chi connectivity index (χ0n) is 7.35. The molecule has 11 heavy (non-hydrogen) atoms. The molecule has 0 radical (unpaired) electrons. The average Bonchev–Trinajstić information content (AvgIpc) is 1.97. The lowest BCUT2D eigenvalue weighted by Crippen LogP contribution is -2.10. The molecule has 0 amide bonds. The molecule has 2 nitrogen and oxygen atoms in total. The van der Waals surface area contributed by atoms with Crippen LogP contribution in [0, 0.1) is 0 Å². The van der Waals surface area contributed by atoms with Gasteiger partial charge < -0.3 is 4.74 Å². The fourth-order valence-electron chi connectivity index (χ4n) is 0.640. The third-order valence-corrected chi connectivity index (χ3v) is 12.8. The van der Waals surface area contributed by atoms with Crippen LogP contribution in [0.3, 0.4) is 0 Å². The van der Waals surface area contributed by atoms with Crippen LogP contribution in [-0.4, -0.2) is 39.9 Å². The molecule has 0 saturated carbocycles. The van der Waals surface area contributed by atoms with Crippen molar-refractivity contribution in [2.75, 3.05) is 6.61 Å². The molecule has 0 bridgehead atoms. The molecule has 0 rings (SSSR count). The summed E-state index contributed by atoms with van der Waals surface area (Å²) in [7, 11) is 2.10. The van der Waals surface area contributed by atoms with E-state index in [4.69, 9.17) is 4.74 Å². The van der Waals surface area contributed by atoms with Gasteiger partial charge in [0.05, 0.1) is 6.61 Å². The fourth-order valence-corrected chi connectivity index (χ4v) is 8.10. The number of carbonyl (C=O) groups is 1. The van der Waals surface area contributed by atoms with Crippen LogP contribution in [0.15, 0.2) is 12.2 Å². The van der Waals surface area contributed by atoms with E-state index < -0.39 is 0 Å². The van der Waals surface area contributed by atoms with Gasteiger partial charge in [0.15, 0.2) is 0 Å². The molecule has 0 aliphatic heterocycles. The summed E-state index contributed by atoms with van der Waals surface area (Å²) in [4.78, 5) is 10.8. The van der Waals surface area contributed by atoms with Crippen molar-refractivity contribution in [1.82, 2.24) is 0 Å². The molecule has 0 aromatic heterocycles. The average molecular weight is 204 g/mol. The quantitative estimate of drug-likeness (QED) is 0.225. The maximum absolute atomic E-state index is 10.8. The number of ether oxygens (including phenoxy) is 1. The summed E-state index contributed by atoms with van der Waals surface area (Å²) in [6.07, 6.45) is 0. The van der Waals surface area contributed by atoms with Crippen LogP contribution in [0.25, 0.3) is 0 Å². The Morgan fingerprint density at radius 3 is 2.82 bits per heavy atom. The highest BCUT2D eigenvalue weighted by Crippen LogP contribution is 1.92. The summed E-state index contributed by atoms with van der Waals surface area (Å²) in [5, 5.41) is 0. The standard InChI is InChI=1S/C6H16O2Si3/c1-5(2)6(7)8-3-4-10-11-9/h1,3-4,10-11H2,2,9H3. The van der Waals surface area contributed by atoms with Gasteiger partial charge in [0.2, 0.25) is 0 Å². The monoisotopic (exact) mass is 204 g/mol. The van der Waals surface area contributed by atoms with E-state index in [9.17, 15) is 4.79 Å².